The van der Waals surface area contributed by atoms with Crippen LogP contribution in [-0.4, -0.2) is 41.3 Å². The van der Waals surface area contributed by atoms with Gasteiger partial charge >= 0.3 is 0 Å². The van der Waals surface area contributed by atoms with Crippen LogP contribution in [0.4, 0.5) is 5.69 Å². The molecule has 1 atom stereocenters. The number of rotatable bonds is 8. The molecule has 1 amide bonds. The lowest BCUT2D eigenvalue weighted by atomic mass is 9.77. The molecule has 6 nitrogen and oxygen atoms in total. The van der Waals surface area contributed by atoms with Crippen LogP contribution in [-0.2, 0) is 11.3 Å². The molecule has 0 radical (unpaired) electrons. The van der Waals surface area contributed by atoms with Crippen molar-refractivity contribution in [2.24, 2.45) is 22.6 Å². The van der Waals surface area contributed by atoms with Crippen LogP contribution in [0.15, 0.2) is 53.5 Å². The van der Waals surface area contributed by atoms with Gasteiger partial charge in [0.05, 0.1) is 5.69 Å². The maximum Gasteiger partial charge on any atom is 0.226 e. The van der Waals surface area contributed by atoms with Gasteiger partial charge in [0.15, 0.2) is 5.96 Å². The van der Waals surface area contributed by atoms with Crippen molar-refractivity contribution >= 4 is 17.6 Å². The van der Waals surface area contributed by atoms with Crippen LogP contribution in [0.1, 0.15) is 76.2 Å². The highest BCUT2D eigenvalue weighted by Gasteiger charge is 2.34. The highest BCUT2D eigenvalue weighted by Crippen LogP contribution is 2.36. The normalized spacial score (nSPS) is 19.6. The van der Waals surface area contributed by atoms with Gasteiger partial charge in [-0.1, -0.05) is 56.7 Å². The highest BCUT2D eigenvalue weighted by molar-refractivity contribution is 5.84. The Morgan fingerprint density at radius 2 is 1.70 bits per heavy atom. The zero-order valence-electron chi connectivity index (χ0n) is 22.3. The Labute approximate surface area is 221 Å². The molecule has 0 spiro atoms. The maximum atomic E-state index is 13.8. The zero-order chi connectivity index (χ0) is 25.6. The Balaban J connectivity index is 1.27. The molecule has 2 saturated carbocycles. The number of para-hydroxylation sites is 1. The average Bonchev–Trinajstić information content (AvgIpc) is 2.94. The summed E-state index contributed by atoms with van der Waals surface area (Å²) in [6.07, 6.45) is 13.0. The van der Waals surface area contributed by atoms with E-state index in [0.29, 0.717) is 30.4 Å². The minimum atomic E-state index is 0.0640. The third-order valence-electron chi connectivity index (χ3n) is 8.67. The Hall–Kier alpha value is -3.02. The third-order valence-corrected chi connectivity index (χ3v) is 8.67. The van der Waals surface area contributed by atoms with Gasteiger partial charge in [0, 0.05) is 37.7 Å². The van der Waals surface area contributed by atoms with E-state index in [-0.39, 0.29) is 5.92 Å². The fourth-order valence-corrected chi connectivity index (χ4v) is 6.46. The molecule has 0 unspecified atom stereocenters. The number of amides is 1. The summed E-state index contributed by atoms with van der Waals surface area (Å²) < 4.78 is 6.05. The third kappa shape index (κ3) is 6.28. The Kier molecular flexibility index (Phi) is 8.32. The molecule has 1 heterocycles. The molecule has 37 heavy (non-hydrogen) atoms. The molecule has 2 aromatic carbocycles. The number of carbonyl (C=O) groups excluding carboxylic acids is 1. The maximum absolute atomic E-state index is 13.8. The lowest BCUT2D eigenvalue weighted by molar-refractivity contribution is -0.139. The number of carbonyl (C=O) groups is 1. The van der Waals surface area contributed by atoms with Gasteiger partial charge in [0.25, 0.3) is 0 Å². The molecular weight excluding hydrogens is 460 g/mol. The van der Waals surface area contributed by atoms with E-state index in [9.17, 15) is 4.79 Å². The fourth-order valence-electron chi connectivity index (χ4n) is 6.46. The Morgan fingerprint density at radius 3 is 2.43 bits per heavy atom. The minimum absolute atomic E-state index is 0.0640. The monoisotopic (exact) mass is 502 g/mol. The van der Waals surface area contributed by atoms with Gasteiger partial charge in [-0.15, -0.1) is 0 Å². The molecule has 2 aliphatic carbocycles. The van der Waals surface area contributed by atoms with E-state index < -0.39 is 0 Å². The molecule has 5 rings (SSSR count). The smallest absolute Gasteiger partial charge is 0.226 e. The minimum Gasteiger partial charge on any atom is -0.457 e. The first-order valence-electron chi connectivity index (χ1n) is 14.3. The van der Waals surface area contributed by atoms with Gasteiger partial charge in [0.1, 0.15) is 11.5 Å². The van der Waals surface area contributed by atoms with Crippen molar-refractivity contribution in [3.05, 3.63) is 54.1 Å². The molecule has 198 valence electrons. The average molecular weight is 503 g/mol. The number of nitrogens with zero attached hydrogens (tertiary/aromatic N) is 3. The van der Waals surface area contributed by atoms with E-state index in [0.717, 1.165) is 48.6 Å². The first-order chi connectivity index (χ1) is 18.1. The molecule has 0 aromatic heterocycles. The van der Waals surface area contributed by atoms with Gasteiger partial charge in [-0.05, 0) is 68.4 Å². The van der Waals surface area contributed by atoms with E-state index in [2.05, 4.69) is 27.9 Å². The second-order valence-corrected chi connectivity index (χ2v) is 11.1. The first kappa shape index (κ1) is 25.6. The number of nitrogens with two attached hydrogens (primary N) is 1. The highest BCUT2D eigenvalue weighted by atomic mass is 16.5. The lowest BCUT2D eigenvalue weighted by Gasteiger charge is -2.38. The van der Waals surface area contributed by atoms with Crippen molar-refractivity contribution in [1.82, 2.24) is 9.80 Å². The van der Waals surface area contributed by atoms with Gasteiger partial charge in [-0.2, -0.15) is 0 Å². The van der Waals surface area contributed by atoms with Crippen LogP contribution in [0.25, 0.3) is 0 Å². The van der Waals surface area contributed by atoms with Gasteiger partial charge < -0.3 is 20.3 Å². The van der Waals surface area contributed by atoms with E-state index >= 15 is 0 Å². The summed E-state index contributed by atoms with van der Waals surface area (Å²) in [4.78, 5) is 22.8. The number of fused-ring (bicyclic) bond motifs is 1. The number of ether oxygens (including phenoxy) is 1. The quantitative estimate of drug-likeness (QED) is 0.440. The topological polar surface area (TPSA) is 71.2 Å². The first-order valence-corrected chi connectivity index (χ1v) is 14.3. The van der Waals surface area contributed by atoms with E-state index in [1.54, 1.807) is 0 Å². The zero-order valence-corrected chi connectivity index (χ0v) is 22.3. The van der Waals surface area contributed by atoms with Crippen molar-refractivity contribution < 1.29 is 9.53 Å². The van der Waals surface area contributed by atoms with Crippen LogP contribution in [0, 0.1) is 11.8 Å². The van der Waals surface area contributed by atoms with Crippen LogP contribution in [0.5, 0.6) is 11.5 Å². The van der Waals surface area contributed by atoms with E-state index in [4.69, 9.17) is 10.5 Å². The predicted octanol–water partition coefficient (Wildman–Crippen LogP) is 6.62. The van der Waals surface area contributed by atoms with Crippen molar-refractivity contribution in [1.29, 1.82) is 0 Å². The summed E-state index contributed by atoms with van der Waals surface area (Å²) in [5.74, 6) is 3.05. The summed E-state index contributed by atoms with van der Waals surface area (Å²) in [6, 6.07) is 16.2. The van der Waals surface area contributed by atoms with Crippen LogP contribution in [0.3, 0.4) is 0 Å². The molecule has 2 N–H and O–H groups in total. The number of hydrogen-bond donors (Lipinski definition) is 1. The lowest BCUT2D eigenvalue weighted by Crippen LogP contribution is -2.46. The summed E-state index contributed by atoms with van der Waals surface area (Å²) in [7, 11) is 2.05. The molecule has 0 saturated heterocycles. The summed E-state index contributed by atoms with van der Waals surface area (Å²) in [5, 5.41) is 0. The van der Waals surface area contributed by atoms with Crippen molar-refractivity contribution in [2.45, 2.75) is 83.2 Å². The number of hydrogen-bond acceptors (Lipinski definition) is 5. The number of guanidine groups is 1. The van der Waals surface area contributed by atoms with Crippen LogP contribution >= 0.6 is 0 Å². The fraction of sp³-hybridized carbons (Fsp3) is 0.548. The standard InChI is InChI=1S/C31H42N4O2/c1-34(25-13-7-3-8-14-25)30(36)28(23-11-5-2-6-12-23)19-20-35-22-24-21-27(17-18-29(24)33-31(35)32)37-26-15-9-4-10-16-26/h4,9-10,15-18,21,23,25,28H,2-3,5-8,11-14,19-20,22H2,1H3,(H2,32,33)/t28-/m0/s1. The second-order valence-electron chi connectivity index (χ2n) is 11.1. The SMILES string of the molecule is CN(C(=O)[C@@H](CCN1Cc2cc(Oc3ccccc3)ccc2N=C1N)C1CCCCC1)C1CCCCC1. The van der Waals surface area contributed by atoms with Crippen LogP contribution in [0.2, 0.25) is 0 Å². The number of aliphatic imine (C=N–C) groups is 1. The van der Waals surface area contributed by atoms with Gasteiger partial charge in [-0.3, -0.25) is 4.79 Å². The van der Waals surface area contributed by atoms with Crippen molar-refractivity contribution in [2.75, 3.05) is 13.6 Å². The van der Waals surface area contributed by atoms with Gasteiger partial charge in [-0.25, -0.2) is 4.99 Å². The molecule has 6 heteroatoms. The van der Waals surface area contributed by atoms with Crippen molar-refractivity contribution in [3.8, 4) is 11.5 Å². The summed E-state index contributed by atoms with van der Waals surface area (Å²) in [6.45, 7) is 1.42. The molecule has 2 aromatic rings. The Morgan fingerprint density at radius 1 is 1.00 bits per heavy atom. The number of benzene rings is 2. The Bertz CT molecular complexity index is 1070. The molecular formula is C31H42N4O2. The molecule has 3 aliphatic rings. The van der Waals surface area contributed by atoms with E-state index in [1.807, 2.05) is 42.5 Å². The van der Waals surface area contributed by atoms with Gasteiger partial charge in [0.2, 0.25) is 5.91 Å². The largest absolute Gasteiger partial charge is 0.457 e. The van der Waals surface area contributed by atoms with Crippen LogP contribution < -0.4 is 10.5 Å². The molecule has 2 fully saturated rings. The van der Waals surface area contributed by atoms with E-state index in [1.165, 1.54) is 51.4 Å². The summed E-state index contributed by atoms with van der Waals surface area (Å²) >= 11 is 0. The van der Waals surface area contributed by atoms with Crippen molar-refractivity contribution in [3.63, 3.8) is 0 Å². The second kappa shape index (κ2) is 12.0. The molecule has 0 bridgehead atoms. The predicted molar refractivity (Wildman–Crippen MR) is 149 cm³/mol. The molecule has 1 aliphatic heterocycles. The summed E-state index contributed by atoms with van der Waals surface area (Å²) in [5.41, 5.74) is 8.42.